The molecular weight excluding hydrogens is 302 g/mol. The Labute approximate surface area is 144 Å². The number of nitrogens with zero attached hydrogens (tertiary/aromatic N) is 1. The molecule has 24 heavy (non-hydrogen) atoms. The van der Waals surface area contributed by atoms with Gasteiger partial charge in [0.15, 0.2) is 0 Å². The minimum atomic E-state index is -0.646. The van der Waals surface area contributed by atoms with E-state index >= 15 is 0 Å². The maximum absolute atomic E-state index is 12.6. The number of fused-ring (bicyclic) bond motifs is 1. The Morgan fingerprint density at radius 3 is 2.83 bits per heavy atom. The van der Waals surface area contributed by atoms with Gasteiger partial charge >= 0.3 is 0 Å². The molecule has 1 aliphatic heterocycles. The van der Waals surface area contributed by atoms with E-state index in [4.69, 9.17) is 4.74 Å². The van der Waals surface area contributed by atoms with Crippen molar-refractivity contribution >= 4 is 5.91 Å². The molecule has 1 amide bonds. The largest absolute Gasteiger partial charge is 0.494 e. The Hall–Kier alpha value is -1.55. The van der Waals surface area contributed by atoms with Crippen LogP contribution >= 0.6 is 0 Å². The smallest absolute Gasteiger partial charge is 0.222 e. The Morgan fingerprint density at radius 1 is 1.29 bits per heavy atom. The number of piperidine rings is 1. The zero-order valence-corrected chi connectivity index (χ0v) is 14.8. The predicted octanol–water partition coefficient (Wildman–Crippen LogP) is 3.69. The Bertz CT molecular complexity index is 588. The summed E-state index contributed by atoms with van der Waals surface area (Å²) in [6.07, 6.45) is 5.20. The highest BCUT2D eigenvalue weighted by Gasteiger charge is 2.50. The lowest BCUT2D eigenvalue weighted by molar-refractivity contribution is -0.155. The van der Waals surface area contributed by atoms with Crippen molar-refractivity contribution in [3.8, 4) is 5.75 Å². The summed E-state index contributed by atoms with van der Waals surface area (Å²) in [4.78, 5) is 14.6. The van der Waals surface area contributed by atoms with Gasteiger partial charge < -0.3 is 14.7 Å². The van der Waals surface area contributed by atoms with Crippen LogP contribution in [0.1, 0.15) is 64.0 Å². The van der Waals surface area contributed by atoms with Gasteiger partial charge in [-0.3, -0.25) is 4.79 Å². The van der Waals surface area contributed by atoms with E-state index in [1.807, 2.05) is 36.9 Å². The van der Waals surface area contributed by atoms with Crippen LogP contribution in [0.4, 0.5) is 0 Å². The molecule has 4 nitrogen and oxygen atoms in total. The average Bonchev–Trinajstić information content (AvgIpc) is 2.60. The molecule has 0 spiro atoms. The average molecular weight is 331 g/mol. The number of benzene rings is 1. The number of likely N-dealkylation sites (tertiary alicyclic amines) is 1. The summed E-state index contributed by atoms with van der Waals surface area (Å²) in [7, 11) is 0. The van der Waals surface area contributed by atoms with Crippen LogP contribution in [0, 0.1) is 5.92 Å². The number of hydrogen-bond acceptors (Lipinski definition) is 3. The van der Waals surface area contributed by atoms with Crippen LogP contribution in [0.3, 0.4) is 0 Å². The van der Waals surface area contributed by atoms with Crippen molar-refractivity contribution in [1.82, 2.24) is 4.90 Å². The van der Waals surface area contributed by atoms with E-state index in [2.05, 4.69) is 6.07 Å². The molecule has 1 aromatic carbocycles. The molecule has 3 atom stereocenters. The summed E-state index contributed by atoms with van der Waals surface area (Å²) in [5.74, 6) is 1.10. The van der Waals surface area contributed by atoms with E-state index in [9.17, 15) is 9.90 Å². The van der Waals surface area contributed by atoms with Gasteiger partial charge in [-0.05, 0) is 32.3 Å². The minimum Gasteiger partial charge on any atom is -0.494 e. The third-order valence-electron chi connectivity index (χ3n) is 5.73. The molecule has 2 aliphatic rings. The van der Waals surface area contributed by atoms with E-state index < -0.39 is 5.60 Å². The molecule has 1 saturated heterocycles. The number of amides is 1. The maximum atomic E-state index is 12.6. The number of para-hydroxylation sites is 1. The molecule has 1 N–H and O–H groups in total. The molecule has 0 radical (unpaired) electrons. The van der Waals surface area contributed by atoms with Crippen molar-refractivity contribution in [2.24, 2.45) is 5.92 Å². The van der Waals surface area contributed by atoms with Gasteiger partial charge in [-0.1, -0.05) is 38.0 Å². The van der Waals surface area contributed by atoms with E-state index in [0.717, 1.165) is 37.0 Å². The second-order valence-electron chi connectivity index (χ2n) is 7.06. The fraction of sp³-hybridized carbons (Fsp3) is 0.650. The van der Waals surface area contributed by atoms with Crippen molar-refractivity contribution in [3.63, 3.8) is 0 Å². The zero-order chi connectivity index (χ0) is 17.2. The topological polar surface area (TPSA) is 49.8 Å². The van der Waals surface area contributed by atoms with Gasteiger partial charge in [-0.25, -0.2) is 0 Å². The summed E-state index contributed by atoms with van der Waals surface area (Å²) in [6, 6.07) is 7.93. The van der Waals surface area contributed by atoms with Gasteiger partial charge in [0, 0.05) is 24.4 Å². The molecule has 0 bridgehead atoms. The summed E-state index contributed by atoms with van der Waals surface area (Å²) in [6.45, 7) is 5.12. The first-order valence-corrected chi connectivity index (χ1v) is 9.34. The molecule has 1 saturated carbocycles. The number of rotatable bonds is 4. The highest BCUT2D eigenvalue weighted by atomic mass is 16.5. The molecule has 1 heterocycles. The first kappa shape index (κ1) is 17.3. The second kappa shape index (κ2) is 7.14. The monoisotopic (exact) mass is 331 g/mol. The van der Waals surface area contributed by atoms with Crippen LogP contribution in [0.15, 0.2) is 24.3 Å². The summed E-state index contributed by atoms with van der Waals surface area (Å²) in [5.41, 5.74) is 0.401. The van der Waals surface area contributed by atoms with Crippen LogP contribution in [-0.4, -0.2) is 34.7 Å². The third kappa shape index (κ3) is 3.04. The van der Waals surface area contributed by atoms with Gasteiger partial charge in [0.25, 0.3) is 0 Å². The molecule has 4 heteroatoms. The first-order chi connectivity index (χ1) is 11.6. The van der Waals surface area contributed by atoms with Gasteiger partial charge in [-0.2, -0.15) is 0 Å². The fourth-order valence-corrected chi connectivity index (χ4v) is 4.56. The molecule has 1 aromatic rings. The number of ether oxygens (including phenoxy) is 1. The normalized spacial score (nSPS) is 29.9. The van der Waals surface area contributed by atoms with Crippen molar-refractivity contribution in [1.29, 1.82) is 0 Å². The van der Waals surface area contributed by atoms with Crippen molar-refractivity contribution in [2.75, 3.05) is 13.2 Å². The standard InChI is InChI=1S/C20H29NO3/c1-3-18(22)21-14-13-20(23)12-8-7-10-16(20)19(21)15-9-5-6-11-17(15)24-4-2/h5-6,9,11,16,19,23H,3-4,7-8,10,12-14H2,1-2H3/t16-,19-,20-/m1/s1. The van der Waals surface area contributed by atoms with Crippen LogP contribution < -0.4 is 4.74 Å². The minimum absolute atomic E-state index is 0.0840. The molecule has 132 valence electrons. The van der Waals surface area contributed by atoms with Crippen LogP contribution in [0.5, 0.6) is 5.75 Å². The summed E-state index contributed by atoms with van der Waals surface area (Å²) < 4.78 is 5.84. The molecule has 0 aromatic heterocycles. The van der Waals surface area contributed by atoms with E-state index in [0.29, 0.717) is 26.0 Å². The number of aliphatic hydroxyl groups is 1. The fourth-order valence-electron chi connectivity index (χ4n) is 4.56. The molecular formula is C20H29NO3. The van der Waals surface area contributed by atoms with Crippen LogP contribution in [0.2, 0.25) is 0 Å². The van der Waals surface area contributed by atoms with Crippen molar-refractivity contribution in [3.05, 3.63) is 29.8 Å². The zero-order valence-electron chi connectivity index (χ0n) is 14.8. The highest BCUT2D eigenvalue weighted by Crippen LogP contribution is 2.50. The Kier molecular flexibility index (Phi) is 5.14. The lowest BCUT2D eigenvalue weighted by Crippen LogP contribution is -2.56. The molecule has 1 aliphatic carbocycles. The van der Waals surface area contributed by atoms with Crippen LogP contribution in [0.25, 0.3) is 0 Å². The van der Waals surface area contributed by atoms with E-state index in [1.54, 1.807) is 0 Å². The summed E-state index contributed by atoms with van der Waals surface area (Å²) >= 11 is 0. The quantitative estimate of drug-likeness (QED) is 0.915. The lowest BCUT2D eigenvalue weighted by atomic mass is 9.66. The third-order valence-corrected chi connectivity index (χ3v) is 5.73. The predicted molar refractivity (Wildman–Crippen MR) is 93.9 cm³/mol. The van der Waals surface area contributed by atoms with Crippen molar-refractivity contribution < 1.29 is 14.6 Å². The van der Waals surface area contributed by atoms with Gasteiger partial charge in [0.2, 0.25) is 5.91 Å². The first-order valence-electron chi connectivity index (χ1n) is 9.34. The van der Waals surface area contributed by atoms with E-state index in [-0.39, 0.29) is 17.9 Å². The number of hydrogen-bond donors (Lipinski definition) is 1. The lowest BCUT2D eigenvalue weighted by Gasteiger charge is -2.52. The van der Waals surface area contributed by atoms with Gasteiger partial charge in [0.1, 0.15) is 5.75 Å². The maximum Gasteiger partial charge on any atom is 0.222 e. The Balaban J connectivity index is 2.05. The molecule has 2 fully saturated rings. The highest BCUT2D eigenvalue weighted by molar-refractivity contribution is 5.76. The number of carbonyl (C=O) groups excluding carboxylic acids is 1. The summed E-state index contributed by atoms with van der Waals surface area (Å²) in [5, 5.41) is 11.2. The second-order valence-corrected chi connectivity index (χ2v) is 7.06. The SMILES string of the molecule is CCOc1ccccc1[C@@H]1[C@H]2CCCC[C@@]2(O)CCN1C(=O)CC. The van der Waals surface area contributed by atoms with E-state index in [1.165, 1.54) is 0 Å². The van der Waals surface area contributed by atoms with Crippen molar-refractivity contribution in [2.45, 2.75) is 64.0 Å². The van der Waals surface area contributed by atoms with Crippen LogP contribution in [-0.2, 0) is 4.79 Å². The number of carbonyl (C=O) groups is 1. The van der Waals surface area contributed by atoms with Gasteiger partial charge in [0.05, 0.1) is 18.2 Å². The Morgan fingerprint density at radius 2 is 2.08 bits per heavy atom. The molecule has 0 unspecified atom stereocenters. The van der Waals surface area contributed by atoms with Gasteiger partial charge in [-0.15, -0.1) is 0 Å². The molecule has 3 rings (SSSR count).